The normalized spacial score (nSPS) is 10.2. The van der Waals surface area contributed by atoms with Crippen molar-refractivity contribution in [1.29, 1.82) is 0 Å². The van der Waals surface area contributed by atoms with E-state index in [-0.39, 0.29) is 11.8 Å². The highest BCUT2D eigenvalue weighted by Gasteiger charge is 2.07. The van der Waals surface area contributed by atoms with Crippen LogP contribution in [0.15, 0.2) is 77.5 Å². The van der Waals surface area contributed by atoms with Crippen LogP contribution in [0.3, 0.4) is 0 Å². The van der Waals surface area contributed by atoms with Gasteiger partial charge in [-0.1, -0.05) is 28.1 Å². The van der Waals surface area contributed by atoms with Crippen molar-refractivity contribution in [3.8, 4) is 0 Å². The number of rotatable bonds is 5. The molecule has 2 amide bonds. The molecule has 2 aromatic carbocycles. The Hall–Kier alpha value is -2.99. The number of amides is 2. The Balaban J connectivity index is 1.55. The predicted octanol–water partition coefficient (Wildman–Crippen LogP) is 4.03. The first kappa shape index (κ1) is 17.8. The molecule has 0 bridgehead atoms. The molecule has 1 aromatic heterocycles. The zero-order chi connectivity index (χ0) is 18.4. The van der Waals surface area contributed by atoms with Crippen LogP contribution in [0, 0.1) is 0 Å². The maximum atomic E-state index is 12.2. The summed E-state index contributed by atoms with van der Waals surface area (Å²) in [7, 11) is 0. The van der Waals surface area contributed by atoms with Crippen LogP contribution < -0.4 is 10.6 Å². The maximum Gasteiger partial charge on any atom is 0.255 e. The quantitative estimate of drug-likeness (QED) is 0.668. The van der Waals surface area contributed by atoms with Gasteiger partial charge in [0, 0.05) is 34.7 Å². The van der Waals surface area contributed by atoms with Gasteiger partial charge < -0.3 is 10.6 Å². The Labute approximate surface area is 159 Å². The van der Waals surface area contributed by atoms with Gasteiger partial charge in [-0.25, -0.2) is 0 Å². The number of nitrogens with one attached hydrogen (secondary N) is 2. The molecule has 2 N–H and O–H groups in total. The van der Waals surface area contributed by atoms with Gasteiger partial charge in [0.05, 0.1) is 5.56 Å². The Bertz CT molecular complexity index is 895. The molecular weight excluding hydrogens is 394 g/mol. The minimum Gasteiger partial charge on any atom is -0.348 e. The third-order valence-electron chi connectivity index (χ3n) is 3.70. The van der Waals surface area contributed by atoms with Gasteiger partial charge in [-0.15, -0.1) is 0 Å². The van der Waals surface area contributed by atoms with Crippen molar-refractivity contribution in [3.05, 3.63) is 94.2 Å². The lowest BCUT2D eigenvalue weighted by atomic mass is 10.1. The molecule has 26 heavy (non-hydrogen) atoms. The van der Waals surface area contributed by atoms with E-state index in [1.165, 1.54) is 6.20 Å². The molecular formula is C20H16BrN3O2. The average Bonchev–Trinajstić information content (AvgIpc) is 2.68. The summed E-state index contributed by atoms with van der Waals surface area (Å²) < 4.78 is 0.923. The molecule has 0 saturated heterocycles. The fraction of sp³-hybridized carbons (Fsp3) is 0.0500. The average molecular weight is 410 g/mol. The van der Waals surface area contributed by atoms with Gasteiger partial charge in [0.2, 0.25) is 0 Å². The molecule has 0 aliphatic rings. The first-order valence-corrected chi connectivity index (χ1v) is 8.75. The number of halogens is 1. The molecule has 0 unspecified atom stereocenters. The zero-order valence-electron chi connectivity index (χ0n) is 13.8. The van der Waals surface area contributed by atoms with Gasteiger partial charge in [0.15, 0.2) is 0 Å². The second kappa shape index (κ2) is 8.40. The summed E-state index contributed by atoms with van der Waals surface area (Å²) in [5.41, 5.74) is 2.73. The molecule has 130 valence electrons. The number of hydrogen-bond donors (Lipinski definition) is 2. The van der Waals surface area contributed by atoms with Crippen molar-refractivity contribution in [3.63, 3.8) is 0 Å². The molecule has 3 aromatic rings. The van der Waals surface area contributed by atoms with Gasteiger partial charge >= 0.3 is 0 Å². The minimum absolute atomic E-state index is 0.171. The van der Waals surface area contributed by atoms with Gasteiger partial charge in [0.1, 0.15) is 0 Å². The van der Waals surface area contributed by atoms with Gasteiger partial charge in [-0.05, 0) is 54.1 Å². The van der Waals surface area contributed by atoms with Gasteiger partial charge in [0.25, 0.3) is 11.8 Å². The van der Waals surface area contributed by atoms with E-state index in [9.17, 15) is 9.59 Å². The van der Waals surface area contributed by atoms with Crippen LogP contribution in [0.5, 0.6) is 0 Å². The van der Waals surface area contributed by atoms with Crippen molar-refractivity contribution >= 4 is 33.4 Å². The summed E-state index contributed by atoms with van der Waals surface area (Å²) in [4.78, 5) is 28.1. The summed E-state index contributed by atoms with van der Waals surface area (Å²) in [5, 5.41) is 5.68. The molecule has 0 atom stereocenters. The van der Waals surface area contributed by atoms with Crippen LogP contribution in [0.4, 0.5) is 5.69 Å². The van der Waals surface area contributed by atoms with E-state index in [0.717, 1.165) is 10.0 Å². The Morgan fingerprint density at radius 2 is 1.62 bits per heavy atom. The van der Waals surface area contributed by atoms with Crippen LogP contribution >= 0.6 is 15.9 Å². The number of carbonyl (C=O) groups is 2. The Kier molecular flexibility index (Phi) is 5.76. The molecule has 0 aliphatic carbocycles. The lowest BCUT2D eigenvalue weighted by Crippen LogP contribution is -2.22. The number of anilines is 1. The van der Waals surface area contributed by atoms with Crippen molar-refractivity contribution < 1.29 is 9.59 Å². The standard InChI is InChI=1S/C20H16BrN3O2/c21-17-7-5-15(6-8-17)20(26)24-18-9-3-14(4-10-18)12-23-19(25)16-2-1-11-22-13-16/h1-11,13H,12H2,(H,23,25)(H,24,26). The molecule has 0 spiro atoms. The van der Waals surface area contributed by atoms with E-state index in [1.807, 2.05) is 36.4 Å². The molecule has 0 fully saturated rings. The van der Waals surface area contributed by atoms with Crippen molar-refractivity contribution in [2.24, 2.45) is 0 Å². The summed E-state index contributed by atoms with van der Waals surface area (Å²) in [6, 6.07) is 17.9. The summed E-state index contributed by atoms with van der Waals surface area (Å²) in [6.45, 7) is 0.397. The predicted molar refractivity (Wildman–Crippen MR) is 104 cm³/mol. The highest BCUT2D eigenvalue weighted by molar-refractivity contribution is 9.10. The molecule has 5 nitrogen and oxygen atoms in total. The van der Waals surface area contributed by atoms with Crippen molar-refractivity contribution in [1.82, 2.24) is 10.3 Å². The second-order valence-electron chi connectivity index (χ2n) is 5.58. The molecule has 3 rings (SSSR count). The van der Waals surface area contributed by atoms with Crippen LogP contribution in [0.1, 0.15) is 26.3 Å². The monoisotopic (exact) mass is 409 g/mol. The number of hydrogen-bond acceptors (Lipinski definition) is 3. The van der Waals surface area contributed by atoms with E-state index in [4.69, 9.17) is 0 Å². The second-order valence-corrected chi connectivity index (χ2v) is 6.50. The minimum atomic E-state index is -0.175. The first-order valence-electron chi connectivity index (χ1n) is 7.96. The maximum absolute atomic E-state index is 12.2. The smallest absolute Gasteiger partial charge is 0.255 e. The first-order chi connectivity index (χ1) is 12.6. The third-order valence-corrected chi connectivity index (χ3v) is 4.22. The highest BCUT2D eigenvalue weighted by Crippen LogP contribution is 2.14. The van der Waals surface area contributed by atoms with E-state index >= 15 is 0 Å². The molecule has 0 aliphatic heterocycles. The van der Waals surface area contributed by atoms with Gasteiger partial charge in [-0.2, -0.15) is 0 Å². The lowest BCUT2D eigenvalue weighted by Gasteiger charge is -2.08. The number of benzene rings is 2. The van der Waals surface area contributed by atoms with Crippen molar-refractivity contribution in [2.75, 3.05) is 5.32 Å². The molecule has 6 heteroatoms. The van der Waals surface area contributed by atoms with Crippen LogP contribution in [0.2, 0.25) is 0 Å². The molecule has 0 radical (unpaired) electrons. The van der Waals surface area contributed by atoms with Crippen LogP contribution in [-0.2, 0) is 6.54 Å². The third kappa shape index (κ3) is 4.77. The SMILES string of the molecule is O=C(NCc1ccc(NC(=O)c2ccc(Br)cc2)cc1)c1cccnc1. The van der Waals surface area contributed by atoms with E-state index < -0.39 is 0 Å². The molecule has 1 heterocycles. The number of nitrogens with zero attached hydrogens (tertiary/aromatic N) is 1. The zero-order valence-corrected chi connectivity index (χ0v) is 15.4. The van der Waals surface area contributed by atoms with Crippen LogP contribution in [0.25, 0.3) is 0 Å². The molecule has 0 saturated carbocycles. The summed E-state index contributed by atoms with van der Waals surface area (Å²) in [5.74, 6) is -0.346. The fourth-order valence-corrected chi connectivity index (χ4v) is 2.56. The number of aromatic nitrogens is 1. The van der Waals surface area contributed by atoms with Crippen molar-refractivity contribution in [2.45, 2.75) is 6.54 Å². The van der Waals surface area contributed by atoms with Gasteiger partial charge in [-0.3, -0.25) is 14.6 Å². The topological polar surface area (TPSA) is 71.1 Å². The lowest BCUT2D eigenvalue weighted by molar-refractivity contribution is 0.0949. The number of pyridine rings is 1. The largest absolute Gasteiger partial charge is 0.348 e. The summed E-state index contributed by atoms with van der Waals surface area (Å²) in [6.07, 6.45) is 3.15. The van der Waals surface area contributed by atoms with Crippen LogP contribution in [-0.4, -0.2) is 16.8 Å². The van der Waals surface area contributed by atoms with E-state index in [1.54, 1.807) is 30.5 Å². The number of carbonyl (C=O) groups excluding carboxylic acids is 2. The summed E-state index contributed by atoms with van der Waals surface area (Å²) >= 11 is 3.34. The Morgan fingerprint density at radius 1 is 0.885 bits per heavy atom. The van der Waals surface area contributed by atoms with E-state index in [0.29, 0.717) is 23.4 Å². The van der Waals surface area contributed by atoms with E-state index in [2.05, 4.69) is 31.5 Å². The Morgan fingerprint density at radius 3 is 2.27 bits per heavy atom. The highest BCUT2D eigenvalue weighted by atomic mass is 79.9. The fourth-order valence-electron chi connectivity index (χ4n) is 2.29.